The van der Waals surface area contributed by atoms with Crippen molar-refractivity contribution in [1.29, 1.82) is 0 Å². The highest BCUT2D eigenvalue weighted by Crippen LogP contribution is 2.27. The van der Waals surface area contributed by atoms with Gasteiger partial charge in [0.25, 0.3) is 0 Å². The van der Waals surface area contributed by atoms with E-state index in [9.17, 15) is 9.90 Å². The molecule has 0 fully saturated rings. The largest absolute Gasteiger partial charge is 0.478 e. The Hall–Kier alpha value is -2.75. The number of para-hydroxylation sites is 1. The average Bonchev–Trinajstić information content (AvgIpc) is 2.96. The fraction of sp³-hybridized carbons (Fsp3) is 0. The first-order valence-electron chi connectivity index (χ1n) is 5.98. The van der Waals surface area contributed by atoms with Crippen LogP contribution in [0.2, 0.25) is 0 Å². The number of hydrogen-bond donors (Lipinski definition) is 2. The van der Waals surface area contributed by atoms with Crippen molar-refractivity contribution in [1.82, 2.24) is 9.38 Å². The quantitative estimate of drug-likeness (QED) is 0.544. The summed E-state index contributed by atoms with van der Waals surface area (Å²) in [6, 6.07) is 11.6. The maximum atomic E-state index is 11.2. The van der Waals surface area contributed by atoms with E-state index in [1.54, 1.807) is 12.3 Å². The molecule has 0 amide bonds. The molecule has 0 saturated heterocycles. The number of aromatic amines is 1. The van der Waals surface area contributed by atoms with Gasteiger partial charge < -0.3 is 14.5 Å². The molecule has 1 aromatic carbocycles. The van der Waals surface area contributed by atoms with E-state index in [4.69, 9.17) is 0 Å². The Labute approximate surface area is 107 Å². The van der Waals surface area contributed by atoms with E-state index in [-0.39, 0.29) is 0 Å². The number of aromatic nitrogens is 2. The zero-order valence-corrected chi connectivity index (χ0v) is 9.92. The Morgan fingerprint density at radius 3 is 2.79 bits per heavy atom. The first kappa shape index (κ1) is 10.2. The number of nitrogens with zero attached hydrogens (tertiary/aromatic N) is 1. The summed E-state index contributed by atoms with van der Waals surface area (Å²) in [5.74, 6) is -0.901. The summed E-state index contributed by atoms with van der Waals surface area (Å²) < 4.78 is 1.83. The molecule has 92 valence electrons. The molecule has 4 nitrogen and oxygen atoms in total. The number of nitrogens with one attached hydrogen (secondary N) is 1. The van der Waals surface area contributed by atoms with Crippen LogP contribution >= 0.6 is 0 Å². The number of carboxylic acids is 1. The summed E-state index contributed by atoms with van der Waals surface area (Å²) >= 11 is 0. The summed E-state index contributed by atoms with van der Waals surface area (Å²) in [4.78, 5) is 14.5. The minimum Gasteiger partial charge on any atom is -0.478 e. The molecular formula is C15H10N2O2. The van der Waals surface area contributed by atoms with Gasteiger partial charge in [-0.15, -0.1) is 0 Å². The molecule has 0 unspecified atom stereocenters. The molecule has 3 heterocycles. The number of hydrogen-bond acceptors (Lipinski definition) is 1. The predicted octanol–water partition coefficient (Wildman–Crippen LogP) is 3.27. The van der Waals surface area contributed by atoms with Gasteiger partial charge in [-0.1, -0.05) is 18.2 Å². The van der Waals surface area contributed by atoms with Gasteiger partial charge in [-0.25, -0.2) is 4.79 Å². The number of pyridine rings is 1. The van der Waals surface area contributed by atoms with E-state index in [2.05, 4.69) is 4.98 Å². The van der Waals surface area contributed by atoms with Gasteiger partial charge in [0.05, 0.1) is 16.6 Å². The maximum Gasteiger partial charge on any atom is 0.337 e. The molecule has 4 rings (SSSR count). The highest BCUT2D eigenvalue weighted by Gasteiger charge is 2.12. The van der Waals surface area contributed by atoms with Crippen molar-refractivity contribution in [2.75, 3.05) is 0 Å². The van der Waals surface area contributed by atoms with Crippen LogP contribution in [0.1, 0.15) is 10.4 Å². The van der Waals surface area contributed by atoms with Gasteiger partial charge in [0, 0.05) is 28.7 Å². The normalized spacial score (nSPS) is 11.6. The van der Waals surface area contributed by atoms with Crippen LogP contribution in [0.25, 0.3) is 27.3 Å². The average molecular weight is 250 g/mol. The summed E-state index contributed by atoms with van der Waals surface area (Å²) in [6.45, 7) is 0. The van der Waals surface area contributed by atoms with Gasteiger partial charge in [0.1, 0.15) is 0 Å². The molecule has 0 aliphatic rings. The van der Waals surface area contributed by atoms with Crippen molar-refractivity contribution in [3.8, 4) is 0 Å². The second kappa shape index (κ2) is 3.38. The van der Waals surface area contributed by atoms with Crippen LogP contribution < -0.4 is 0 Å². The number of H-pyrrole nitrogens is 1. The minimum absolute atomic E-state index is 0.326. The number of aromatic carboxylic acids is 1. The van der Waals surface area contributed by atoms with Crippen molar-refractivity contribution >= 4 is 33.3 Å². The highest BCUT2D eigenvalue weighted by molar-refractivity contribution is 6.09. The zero-order valence-electron chi connectivity index (χ0n) is 9.92. The summed E-state index contributed by atoms with van der Waals surface area (Å²) in [5.41, 5.74) is 3.10. The fourth-order valence-electron chi connectivity index (χ4n) is 2.62. The molecule has 0 aliphatic carbocycles. The molecule has 0 radical (unpaired) electrons. The van der Waals surface area contributed by atoms with Crippen LogP contribution in [0, 0.1) is 0 Å². The molecule has 0 spiro atoms. The van der Waals surface area contributed by atoms with Gasteiger partial charge in [0.15, 0.2) is 0 Å². The number of rotatable bonds is 1. The van der Waals surface area contributed by atoms with Crippen molar-refractivity contribution < 1.29 is 9.90 Å². The Morgan fingerprint density at radius 1 is 1.11 bits per heavy atom. The lowest BCUT2D eigenvalue weighted by molar-refractivity contribution is 0.0699. The highest BCUT2D eigenvalue weighted by atomic mass is 16.4. The molecule has 2 N–H and O–H groups in total. The Bertz CT molecular complexity index is 947. The molecule has 0 aliphatic heterocycles. The van der Waals surface area contributed by atoms with Gasteiger partial charge >= 0.3 is 5.97 Å². The van der Waals surface area contributed by atoms with Gasteiger partial charge in [-0.3, -0.25) is 0 Å². The van der Waals surface area contributed by atoms with Crippen molar-refractivity contribution in [3.05, 3.63) is 54.4 Å². The SMILES string of the molecule is O=C(O)c1ccn2cc3[nH]c4ccccc4c3cc12. The Morgan fingerprint density at radius 2 is 1.95 bits per heavy atom. The standard InChI is InChI=1S/C15H10N2O2/c18-15(19)10-5-6-17-8-13-11(7-14(10)17)9-3-1-2-4-12(9)16-13/h1-8,16H,(H,18,19). The van der Waals surface area contributed by atoms with Crippen molar-refractivity contribution in [2.45, 2.75) is 0 Å². The zero-order chi connectivity index (χ0) is 13.0. The van der Waals surface area contributed by atoms with Crippen LogP contribution in [-0.2, 0) is 0 Å². The van der Waals surface area contributed by atoms with Crippen LogP contribution in [0.4, 0.5) is 0 Å². The fourth-order valence-corrected chi connectivity index (χ4v) is 2.62. The second-order valence-corrected chi connectivity index (χ2v) is 4.60. The van der Waals surface area contributed by atoms with E-state index in [0.717, 1.165) is 21.8 Å². The molecule has 0 bridgehead atoms. The number of carbonyl (C=O) groups is 1. The molecule has 3 aromatic heterocycles. The molecule has 0 atom stereocenters. The first-order chi connectivity index (χ1) is 9.24. The summed E-state index contributed by atoms with van der Waals surface area (Å²) in [5, 5.41) is 11.3. The third-order valence-corrected chi connectivity index (χ3v) is 3.51. The van der Waals surface area contributed by atoms with Crippen molar-refractivity contribution in [3.63, 3.8) is 0 Å². The molecule has 19 heavy (non-hydrogen) atoms. The van der Waals surface area contributed by atoms with Crippen LogP contribution in [0.15, 0.2) is 48.8 Å². The third kappa shape index (κ3) is 1.31. The van der Waals surface area contributed by atoms with Gasteiger partial charge in [-0.05, 0) is 18.2 Å². The number of benzene rings is 1. The van der Waals surface area contributed by atoms with E-state index in [0.29, 0.717) is 11.1 Å². The summed E-state index contributed by atoms with van der Waals surface area (Å²) in [7, 11) is 0. The van der Waals surface area contributed by atoms with E-state index < -0.39 is 5.97 Å². The van der Waals surface area contributed by atoms with Gasteiger partial charge in [-0.2, -0.15) is 0 Å². The monoisotopic (exact) mass is 250 g/mol. The Balaban J connectivity index is 2.21. The topological polar surface area (TPSA) is 57.5 Å². The molecule has 4 heteroatoms. The second-order valence-electron chi connectivity index (χ2n) is 4.60. The number of carboxylic acid groups (broad SMARTS) is 1. The van der Waals surface area contributed by atoms with E-state index in [1.165, 1.54) is 0 Å². The third-order valence-electron chi connectivity index (χ3n) is 3.51. The lowest BCUT2D eigenvalue weighted by Crippen LogP contribution is -1.95. The molecule has 4 aromatic rings. The minimum atomic E-state index is -0.901. The predicted molar refractivity (Wildman–Crippen MR) is 73.7 cm³/mol. The smallest absolute Gasteiger partial charge is 0.337 e. The lowest BCUT2D eigenvalue weighted by Gasteiger charge is -1.98. The maximum absolute atomic E-state index is 11.2. The van der Waals surface area contributed by atoms with Crippen LogP contribution in [0.3, 0.4) is 0 Å². The Kier molecular flexibility index (Phi) is 1.82. The van der Waals surface area contributed by atoms with Crippen LogP contribution in [0.5, 0.6) is 0 Å². The molecular weight excluding hydrogens is 240 g/mol. The van der Waals surface area contributed by atoms with E-state index >= 15 is 0 Å². The van der Waals surface area contributed by atoms with Crippen LogP contribution in [-0.4, -0.2) is 20.5 Å². The van der Waals surface area contributed by atoms with Gasteiger partial charge in [0.2, 0.25) is 0 Å². The summed E-state index contributed by atoms with van der Waals surface area (Å²) in [6.07, 6.45) is 3.70. The molecule has 0 saturated carbocycles. The number of fused-ring (bicyclic) bond motifs is 4. The lowest BCUT2D eigenvalue weighted by atomic mass is 10.1. The first-order valence-corrected chi connectivity index (χ1v) is 5.98. The van der Waals surface area contributed by atoms with E-state index in [1.807, 2.05) is 40.9 Å². The van der Waals surface area contributed by atoms with Crippen molar-refractivity contribution in [2.24, 2.45) is 0 Å².